The van der Waals surface area contributed by atoms with Gasteiger partial charge in [-0.05, 0) is 53.9 Å². The summed E-state index contributed by atoms with van der Waals surface area (Å²) in [7, 11) is 0. The summed E-state index contributed by atoms with van der Waals surface area (Å²) in [6.07, 6.45) is 1.73. The first-order valence-corrected chi connectivity index (χ1v) is 12.9. The molecule has 0 saturated carbocycles. The number of pyridine rings is 2. The lowest BCUT2D eigenvalue weighted by atomic mass is 10.1. The smallest absolute Gasteiger partial charge is 0.261 e. The van der Waals surface area contributed by atoms with Gasteiger partial charge < -0.3 is 0 Å². The molecule has 1 amide bonds. The van der Waals surface area contributed by atoms with Gasteiger partial charge in [-0.3, -0.25) is 14.7 Å². The molecular formula is C27H17ClN4OS2. The zero-order chi connectivity index (χ0) is 23.8. The van der Waals surface area contributed by atoms with Crippen molar-refractivity contribution in [1.82, 2.24) is 15.0 Å². The number of thiophene rings is 1. The largest absolute Gasteiger partial charge is 0.278 e. The van der Waals surface area contributed by atoms with Gasteiger partial charge in [-0.1, -0.05) is 53.3 Å². The summed E-state index contributed by atoms with van der Waals surface area (Å²) in [5, 5.41) is 4.04. The number of nitrogens with zero attached hydrogens (tertiary/aromatic N) is 4. The van der Waals surface area contributed by atoms with Gasteiger partial charge in [0.25, 0.3) is 5.91 Å². The van der Waals surface area contributed by atoms with Crippen LogP contribution in [-0.4, -0.2) is 20.9 Å². The average Bonchev–Trinajstić information content (AvgIpc) is 3.57. The van der Waals surface area contributed by atoms with Crippen LogP contribution in [0, 0.1) is 0 Å². The van der Waals surface area contributed by atoms with Gasteiger partial charge in [0, 0.05) is 16.6 Å². The van der Waals surface area contributed by atoms with E-state index in [2.05, 4.69) is 4.98 Å². The highest BCUT2D eigenvalue weighted by Gasteiger charge is 2.25. The molecule has 4 heterocycles. The lowest BCUT2D eigenvalue weighted by molar-refractivity contribution is 0.0986. The Bertz CT molecular complexity index is 1670. The van der Waals surface area contributed by atoms with Gasteiger partial charge in [0.15, 0.2) is 5.13 Å². The first kappa shape index (κ1) is 21.9. The molecule has 0 radical (unpaired) electrons. The van der Waals surface area contributed by atoms with E-state index >= 15 is 0 Å². The van der Waals surface area contributed by atoms with Crippen molar-refractivity contribution in [2.45, 2.75) is 6.54 Å². The second-order valence-corrected chi connectivity index (χ2v) is 10.3. The second-order valence-electron chi connectivity index (χ2n) is 7.87. The zero-order valence-electron chi connectivity index (χ0n) is 18.3. The van der Waals surface area contributed by atoms with Crippen LogP contribution in [0.3, 0.4) is 0 Å². The predicted octanol–water partition coefficient (Wildman–Crippen LogP) is 7.47. The highest BCUT2D eigenvalue weighted by molar-refractivity contribution is 7.22. The SMILES string of the molecule is O=C(c1cc(-c2cccs2)nc2ccccc12)N(Cc1ccccn1)c1nc2ccc(Cl)cc2s1. The van der Waals surface area contributed by atoms with Crippen LogP contribution in [0.4, 0.5) is 5.13 Å². The van der Waals surface area contributed by atoms with Crippen molar-refractivity contribution in [2.75, 3.05) is 4.90 Å². The Hall–Kier alpha value is -3.65. The highest BCUT2D eigenvalue weighted by atomic mass is 35.5. The number of benzene rings is 2. The topological polar surface area (TPSA) is 59.0 Å². The van der Waals surface area contributed by atoms with Gasteiger partial charge >= 0.3 is 0 Å². The van der Waals surface area contributed by atoms with E-state index in [1.807, 2.05) is 84.2 Å². The number of rotatable bonds is 5. The number of para-hydroxylation sites is 1. The summed E-state index contributed by atoms with van der Waals surface area (Å²) < 4.78 is 0.921. The third-order valence-corrected chi connectivity index (χ3v) is 7.75. The quantitative estimate of drug-likeness (QED) is 0.240. The summed E-state index contributed by atoms with van der Waals surface area (Å²) in [5.41, 5.74) is 3.70. The molecule has 6 aromatic rings. The number of aromatic nitrogens is 3. The van der Waals surface area contributed by atoms with Gasteiger partial charge in [-0.2, -0.15) is 0 Å². The maximum atomic E-state index is 14.2. The van der Waals surface area contributed by atoms with E-state index in [1.165, 1.54) is 11.3 Å². The van der Waals surface area contributed by atoms with E-state index in [4.69, 9.17) is 21.6 Å². The third-order valence-electron chi connectivity index (χ3n) is 5.58. The summed E-state index contributed by atoms with van der Waals surface area (Å²) in [6, 6.07) is 24.8. The Morgan fingerprint density at radius 2 is 1.80 bits per heavy atom. The Balaban J connectivity index is 1.52. The number of carbonyl (C=O) groups excluding carboxylic acids is 1. The Labute approximate surface area is 214 Å². The van der Waals surface area contributed by atoms with Crippen LogP contribution < -0.4 is 4.90 Å². The summed E-state index contributed by atoms with van der Waals surface area (Å²) in [4.78, 5) is 31.0. The van der Waals surface area contributed by atoms with E-state index in [0.29, 0.717) is 15.7 Å². The molecular weight excluding hydrogens is 496 g/mol. The molecule has 0 saturated heterocycles. The molecule has 35 heavy (non-hydrogen) atoms. The molecule has 0 aliphatic carbocycles. The number of thiazole rings is 1. The molecule has 0 spiro atoms. The summed E-state index contributed by atoms with van der Waals surface area (Å²) >= 11 is 9.24. The molecule has 0 aliphatic rings. The Morgan fingerprint density at radius 3 is 2.63 bits per heavy atom. The Kier molecular flexibility index (Phi) is 5.74. The van der Waals surface area contributed by atoms with Crippen LogP contribution in [0.1, 0.15) is 16.1 Å². The third kappa shape index (κ3) is 4.30. The van der Waals surface area contributed by atoms with Gasteiger partial charge in [0.2, 0.25) is 0 Å². The summed E-state index contributed by atoms with van der Waals surface area (Å²) in [5.74, 6) is -0.155. The lowest BCUT2D eigenvalue weighted by Crippen LogP contribution is -2.31. The van der Waals surface area contributed by atoms with Gasteiger partial charge in [0.1, 0.15) is 0 Å². The normalized spacial score (nSPS) is 11.2. The minimum absolute atomic E-state index is 0.155. The van der Waals surface area contributed by atoms with Crippen LogP contribution in [0.15, 0.2) is 90.4 Å². The number of carbonyl (C=O) groups is 1. The van der Waals surface area contributed by atoms with Crippen molar-refractivity contribution in [3.05, 3.63) is 107 Å². The van der Waals surface area contributed by atoms with Gasteiger partial charge in [0.05, 0.1) is 44.1 Å². The molecule has 0 unspecified atom stereocenters. The van der Waals surface area contributed by atoms with Crippen molar-refractivity contribution >= 4 is 66.4 Å². The van der Waals surface area contributed by atoms with Gasteiger partial charge in [-0.25, -0.2) is 9.97 Å². The minimum Gasteiger partial charge on any atom is -0.278 e. The van der Waals surface area contributed by atoms with Crippen LogP contribution in [0.5, 0.6) is 0 Å². The van der Waals surface area contributed by atoms with E-state index < -0.39 is 0 Å². The monoisotopic (exact) mass is 512 g/mol. The molecule has 170 valence electrons. The van der Waals surface area contributed by atoms with E-state index in [0.717, 1.165) is 37.4 Å². The van der Waals surface area contributed by atoms with E-state index in [-0.39, 0.29) is 12.5 Å². The molecule has 2 aromatic carbocycles. The van der Waals surface area contributed by atoms with Crippen LogP contribution in [0.25, 0.3) is 31.7 Å². The maximum absolute atomic E-state index is 14.2. The number of fused-ring (bicyclic) bond motifs is 2. The summed E-state index contributed by atoms with van der Waals surface area (Å²) in [6.45, 7) is 0.290. The molecule has 0 fully saturated rings. The standard InChI is InChI=1S/C27H17ClN4OS2/c28-17-10-11-22-25(14-17)35-27(31-22)32(16-18-6-3-4-12-29-18)26(33)20-15-23(24-9-5-13-34-24)30-21-8-2-1-7-19(20)21/h1-15H,16H2. The molecule has 8 heteroatoms. The van der Waals surface area contributed by atoms with Crippen molar-refractivity contribution in [3.8, 4) is 10.6 Å². The van der Waals surface area contributed by atoms with Gasteiger partial charge in [-0.15, -0.1) is 11.3 Å². The van der Waals surface area contributed by atoms with Crippen LogP contribution >= 0.6 is 34.3 Å². The first-order chi connectivity index (χ1) is 17.2. The molecule has 0 N–H and O–H groups in total. The molecule has 5 nitrogen and oxygen atoms in total. The molecule has 4 aromatic heterocycles. The molecule has 0 bridgehead atoms. The van der Waals surface area contributed by atoms with E-state index in [9.17, 15) is 4.79 Å². The van der Waals surface area contributed by atoms with Crippen molar-refractivity contribution in [3.63, 3.8) is 0 Å². The predicted molar refractivity (Wildman–Crippen MR) is 144 cm³/mol. The number of hydrogen-bond acceptors (Lipinski definition) is 6. The molecule has 6 rings (SSSR count). The maximum Gasteiger partial charge on any atom is 0.261 e. The lowest BCUT2D eigenvalue weighted by Gasteiger charge is -2.21. The number of hydrogen-bond donors (Lipinski definition) is 0. The fourth-order valence-electron chi connectivity index (χ4n) is 3.93. The zero-order valence-corrected chi connectivity index (χ0v) is 20.6. The van der Waals surface area contributed by atoms with Crippen molar-refractivity contribution in [1.29, 1.82) is 0 Å². The van der Waals surface area contributed by atoms with E-state index in [1.54, 1.807) is 22.4 Å². The van der Waals surface area contributed by atoms with Crippen molar-refractivity contribution < 1.29 is 4.79 Å². The average molecular weight is 513 g/mol. The fourth-order valence-corrected chi connectivity index (χ4v) is 5.86. The molecule has 0 aliphatic heterocycles. The Morgan fingerprint density at radius 1 is 0.914 bits per heavy atom. The fraction of sp³-hybridized carbons (Fsp3) is 0.0370. The van der Waals surface area contributed by atoms with Crippen LogP contribution in [-0.2, 0) is 6.54 Å². The number of halogens is 1. The van der Waals surface area contributed by atoms with Crippen LogP contribution in [0.2, 0.25) is 5.02 Å². The minimum atomic E-state index is -0.155. The highest BCUT2D eigenvalue weighted by Crippen LogP contribution is 2.34. The first-order valence-electron chi connectivity index (χ1n) is 10.9. The van der Waals surface area contributed by atoms with Crippen molar-refractivity contribution in [2.24, 2.45) is 0 Å². The second kappa shape index (κ2) is 9.19. The number of anilines is 1. The molecule has 0 atom stereocenters. The number of amides is 1.